The third kappa shape index (κ3) is 3.92. The lowest BCUT2D eigenvalue weighted by Crippen LogP contribution is -2.33. The molecular weight excluding hydrogens is 336 g/mol. The number of ether oxygens (including phenoxy) is 1. The average Bonchev–Trinajstić information content (AvgIpc) is 2.86. The molecule has 7 nitrogen and oxygen atoms in total. The number of rotatable bonds is 4. The van der Waals surface area contributed by atoms with E-state index >= 15 is 0 Å². The molecule has 0 saturated heterocycles. The van der Waals surface area contributed by atoms with E-state index in [9.17, 15) is 9.90 Å². The van der Waals surface area contributed by atoms with Gasteiger partial charge in [-0.1, -0.05) is 29.2 Å². The van der Waals surface area contributed by atoms with Crippen LogP contribution in [0.25, 0.3) is 0 Å². The van der Waals surface area contributed by atoms with Gasteiger partial charge in [0.25, 0.3) is 0 Å². The molecule has 0 unspecified atom stereocenters. The molecule has 3 N–H and O–H groups in total. The molecule has 0 saturated carbocycles. The lowest BCUT2D eigenvalue weighted by atomic mass is 10.1. The number of benzene rings is 1. The molecule has 0 bridgehead atoms. The van der Waals surface area contributed by atoms with Crippen LogP contribution in [0.5, 0.6) is 5.75 Å². The third-order valence-corrected chi connectivity index (χ3v) is 5.25. The fraction of sp³-hybridized carbons (Fsp3) is 0.357. The summed E-state index contributed by atoms with van der Waals surface area (Å²) in [7, 11) is 0. The number of fused-ring (bicyclic) bond motifs is 1. The van der Waals surface area contributed by atoms with Crippen LogP contribution in [-0.2, 0) is 17.9 Å². The Morgan fingerprint density at radius 3 is 3.09 bits per heavy atom. The Balaban J connectivity index is 1.66. The van der Waals surface area contributed by atoms with Crippen molar-refractivity contribution in [3.63, 3.8) is 0 Å². The summed E-state index contributed by atoms with van der Waals surface area (Å²) in [5, 5.41) is 17.3. The Morgan fingerprint density at radius 2 is 2.35 bits per heavy atom. The van der Waals surface area contributed by atoms with E-state index in [1.807, 2.05) is 18.2 Å². The van der Waals surface area contributed by atoms with Crippen molar-refractivity contribution in [3.8, 4) is 5.75 Å². The Bertz CT molecular complexity index is 707. The minimum absolute atomic E-state index is 0.00891. The largest absolute Gasteiger partial charge is 0.491 e. The van der Waals surface area contributed by atoms with Gasteiger partial charge in [0.2, 0.25) is 11.0 Å². The van der Waals surface area contributed by atoms with Crippen LogP contribution in [0.3, 0.4) is 0 Å². The number of aromatic nitrogens is 2. The predicted molar refractivity (Wildman–Crippen MR) is 88.3 cm³/mol. The molecule has 0 fully saturated rings. The van der Waals surface area contributed by atoms with Crippen molar-refractivity contribution in [2.75, 3.05) is 24.6 Å². The Kier molecular flexibility index (Phi) is 4.99. The SMILES string of the molecule is Nc1nnc(SCC(=O)N2CCOc3ccc(CO)cc3C2)s1. The van der Waals surface area contributed by atoms with E-state index in [0.29, 0.717) is 29.2 Å². The van der Waals surface area contributed by atoms with Gasteiger partial charge in [-0.05, 0) is 17.7 Å². The van der Waals surface area contributed by atoms with Gasteiger partial charge in [-0.15, -0.1) is 10.2 Å². The number of hydrogen-bond acceptors (Lipinski definition) is 8. The first-order chi connectivity index (χ1) is 11.2. The molecule has 9 heteroatoms. The van der Waals surface area contributed by atoms with Crippen molar-refractivity contribution in [2.45, 2.75) is 17.5 Å². The molecule has 122 valence electrons. The zero-order valence-electron chi connectivity index (χ0n) is 12.3. The molecule has 2 heterocycles. The zero-order chi connectivity index (χ0) is 16.2. The molecule has 0 spiro atoms. The fourth-order valence-corrected chi connectivity index (χ4v) is 3.79. The summed E-state index contributed by atoms with van der Waals surface area (Å²) >= 11 is 2.60. The molecule has 0 atom stereocenters. The number of carbonyl (C=O) groups excluding carboxylic acids is 1. The lowest BCUT2D eigenvalue weighted by molar-refractivity contribution is -0.129. The molecule has 0 radical (unpaired) electrons. The zero-order valence-corrected chi connectivity index (χ0v) is 13.9. The standard InChI is InChI=1S/C14H16N4O3S2/c15-13-16-17-14(23-13)22-8-12(20)18-3-4-21-11-2-1-9(7-19)5-10(11)6-18/h1-2,5,19H,3-4,6-8H2,(H2,15,16). The van der Waals surface area contributed by atoms with Crippen LogP contribution < -0.4 is 10.5 Å². The second kappa shape index (κ2) is 7.16. The van der Waals surface area contributed by atoms with Gasteiger partial charge in [0.05, 0.1) is 18.9 Å². The van der Waals surface area contributed by atoms with E-state index in [4.69, 9.17) is 10.5 Å². The maximum Gasteiger partial charge on any atom is 0.233 e. The molecule has 1 amide bonds. The highest BCUT2D eigenvalue weighted by atomic mass is 32.2. The smallest absolute Gasteiger partial charge is 0.233 e. The lowest BCUT2D eigenvalue weighted by Gasteiger charge is -2.19. The van der Waals surface area contributed by atoms with E-state index in [1.54, 1.807) is 4.90 Å². The molecule has 2 aromatic rings. The third-order valence-electron chi connectivity index (χ3n) is 3.38. The van der Waals surface area contributed by atoms with E-state index in [1.165, 1.54) is 23.1 Å². The van der Waals surface area contributed by atoms with Crippen molar-refractivity contribution in [1.29, 1.82) is 0 Å². The maximum absolute atomic E-state index is 12.4. The Labute approximate surface area is 141 Å². The van der Waals surface area contributed by atoms with Crippen LogP contribution in [0.2, 0.25) is 0 Å². The summed E-state index contributed by atoms with van der Waals surface area (Å²) in [4.78, 5) is 14.2. The van der Waals surface area contributed by atoms with Crippen LogP contribution in [-0.4, -0.2) is 45.0 Å². The van der Waals surface area contributed by atoms with Crippen molar-refractivity contribution < 1.29 is 14.6 Å². The second-order valence-corrected chi connectivity index (χ2v) is 7.19. The monoisotopic (exact) mass is 352 g/mol. The van der Waals surface area contributed by atoms with Crippen LogP contribution >= 0.6 is 23.1 Å². The Hall–Kier alpha value is -1.84. The van der Waals surface area contributed by atoms with E-state index in [0.717, 1.165) is 16.9 Å². The number of thioether (sulfide) groups is 1. The van der Waals surface area contributed by atoms with Crippen molar-refractivity contribution in [3.05, 3.63) is 29.3 Å². The summed E-state index contributed by atoms with van der Waals surface area (Å²) in [5.41, 5.74) is 7.24. The minimum atomic E-state index is -0.0322. The van der Waals surface area contributed by atoms with Crippen LogP contribution in [0.15, 0.2) is 22.5 Å². The van der Waals surface area contributed by atoms with Gasteiger partial charge < -0.3 is 20.5 Å². The normalized spacial score (nSPS) is 14.0. The van der Waals surface area contributed by atoms with Crippen molar-refractivity contribution in [1.82, 2.24) is 15.1 Å². The van der Waals surface area contributed by atoms with E-state index in [2.05, 4.69) is 10.2 Å². The number of anilines is 1. The van der Waals surface area contributed by atoms with Gasteiger partial charge in [-0.25, -0.2) is 0 Å². The van der Waals surface area contributed by atoms with Crippen molar-refractivity contribution >= 4 is 34.1 Å². The maximum atomic E-state index is 12.4. The highest BCUT2D eigenvalue weighted by molar-refractivity contribution is 8.01. The molecule has 3 rings (SSSR count). The number of hydrogen-bond donors (Lipinski definition) is 2. The first-order valence-electron chi connectivity index (χ1n) is 7.00. The van der Waals surface area contributed by atoms with E-state index < -0.39 is 0 Å². The Morgan fingerprint density at radius 1 is 1.48 bits per heavy atom. The summed E-state index contributed by atoms with van der Waals surface area (Å²) in [5.74, 6) is 1.06. The van der Waals surface area contributed by atoms with Gasteiger partial charge in [0.1, 0.15) is 12.4 Å². The molecular formula is C14H16N4O3S2. The van der Waals surface area contributed by atoms with Crippen LogP contribution in [0, 0.1) is 0 Å². The van der Waals surface area contributed by atoms with Gasteiger partial charge in [-0.3, -0.25) is 4.79 Å². The summed E-state index contributed by atoms with van der Waals surface area (Å²) < 4.78 is 6.36. The highest BCUT2D eigenvalue weighted by Gasteiger charge is 2.20. The molecule has 1 aromatic heterocycles. The average molecular weight is 352 g/mol. The summed E-state index contributed by atoms with van der Waals surface area (Å²) in [6, 6.07) is 5.54. The topological polar surface area (TPSA) is 102 Å². The fourth-order valence-electron chi connectivity index (χ4n) is 2.25. The quantitative estimate of drug-likeness (QED) is 0.795. The second-order valence-electron chi connectivity index (χ2n) is 4.96. The number of nitrogens with zero attached hydrogens (tertiary/aromatic N) is 3. The number of amides is 1. The van der Waals surface area contributed by atoms with Crippen LogP contribution in [0.1, 0.15) is 11.1 Å². The van der Waals surface area contributed by atoms with Crippen LogP contribution in [0.4, 0.5) is 5.13 Å². The molecule has 1 aromatic carbocycles. The number of nitrogen functional groups attached to an aromatic ring is 1. The summed E-state index contributed by atoms with van der Waals surface area (Å²) in [6.07, 6.45) is 0. The van der Waals surface area contributed by atoms with Gasteiger partial charge in [-0.2, -0.15) is 0 Å². The number of aliphatic hydroxyl groups excluding tert-OH is 1. The molecule has 0 aliphatic carbocycles. The summed E-state index contributed by atoms with van der Waals surface area (Å²) in [6.45, 7) is 1.42. The van der Waals surface area contributed by atoms with E-state index in [-0.39, 0.29) is 18.3 Å². The number of aliphatic hydroxyl groups is 1. The van der Waals surface area contributed by atoms with Gasteiger partial charge in [0.15, 0.2) is 4.34 Å². The number of carbonyl (C=O) groups is 1. The molecule has 23 heavy (non-hydrogen) atoms. The predicted octanol–water partition coefficient (Wildman–Crippen LogP) is 1.13. The molecule has 1 aliphatic rings. The van der Waals surface area contributed by atoms with Gasteiger partial charge >= 0.3 is 0 Å². The first kappa shape index (κ1) is 16.0. The highest BCUT2D eigenvalue weighted by Crippen LogP contribution is 2.27. The minimum Gasteiger partial charge on any atom is -0.491 e. The van der Waals surface area contributed by atoms with Crippen molar-refractivity contribution in [2.24, 2.45) is 0 Å². The first-order valence-corrected chi connectivity index (χ1v) is 8.81. The molecule has 1 aliphatic heterocycles. The number of nitrogens with two attached hydrogens (primary N) is 1. The van der Waals surface area contributed by atoms with Gasteiger partial charge in [0, 0.05) is 12.1 Å².